The first kappa shape index (κ1) is 22.9. The maximum Gasteiger partial charge on any atom is 0.262 e. The molecule has 0 fully saturated rings. The molecule has 3 rings (SSSR count). The van der Waals surface area contributed by atoms with Crippen molar-refractivity contribution in [1.82, 2.24) is 9.71 Å². The molecule has 0 aliphatic heterocycles. The second-order valence-electron chi connectivity index (χ2n) is 7.07. The normalized spacial score (nSPS) is 12.4. The van der Waals surface area contributed by atoms with Crippen LogP contribution >= 0.6 is 11.3 Å². The first-order valence-electron chi connectivity index (χ1n) is 9.84. The molecule has 0 aliphatic carbocycles. The van der Waals surface area contributed by atoms with Gasteiger partial charge in [0.15, 0.2) is 6.61 Å². The predicted octanol–water partition coefficient (Wildman–Crippen LogP) is 4.21. The summed E-state index contributed by atoms with van der Waals surface area (Å²) in [6, 6.07) is 13.3. The summed E-state index contributed by atoms with van der Waals surface area (Å²) >= 11 is 1.57. The third-order valence-electron chi connectivity index (χ3n) is 4.53. The lowest BCUT2D eigenvalue weighted by atomic mass is 10.1. The van der Waals surface area contributed by atoms with Crippen molar-refractivity contribution >= 4 is 33.0 Å². The molecule has 0 spiro atoms. The Labute approximate surface area is 186 Å². The summed E-state index contributed by atoms with van der Waals surface area (Å²) in [6.07, 6.45) is 0.696. The largest absolute Gasteiger partial charge is 0.484 e. The van der Waals surface area contributed by atoms with Gasteiger partial charge in [0.05, 0.1) is 15.6 Å². The molecule has 2 aromatic carbocycles. The average Bonchev–Trinajstić information content (AvgIpc) is 3.19. The van der Waals surface area contributed by atoms with Crippen LogP contribution in [0.2, 0.25) is 0 Å². The van der Waals surface area contributed by atoms with Crippen LogP contribution in [0.5, 0.6) is 5.75 Å². The Bertz CT molecular complexity index is 1140. The maximum absolute atomic E-state index is 12.3. The van der Waals surface area contributed by atoms with E-state index in [0.717, 1.165) is 16.3 Å². The second-order valence-corrected chi connectivity index (χ2v) is 9.85. The monoisotopic (exact) mass is 459 g/mol. The number of nitrogens with zero attached hydrogens (tertiary/aromatic N) is 1. The fourth-order valence-electron chi connectivity index (χ4n) is 2.73. The smallest absolute Gasteiger partial charge is 0.262 e. The molecule has 1 amide bonds. The number of thiazole rings is 1. The van der Waals surface area contributed by atoms with Crippen LogP contribution in [-0.4, -0.2) is 32.0 Å². The van der Waals surface area contributed by atoms with Crippen LogP contribution < -0.4 is 14.8 Å². The topological polar surface area (TPSA) is 97.4 Å². The van der Waals surface area contributed by atoms with Gasteiger partial charge in [-0.3, -0.25) is 4.79 Å². The number of aryl methyl sites for hydroxylation is 1. The van der Waals surface area contributed by atoms with Crippen LogP contribution in [-0.2, 0) is 14.8 Å². The SMILES string of the molecule is CC[C@H](C)NS(=O)(=O)c1ccc(OCC(=O)Nc2cccc(-c3csc(C)n3)c2)cc1. The quantitative estimate of drug-likeness (QED) is 0.499. The van der Waals surface area contributed by atoms with Gasteiger partial charge in [0.2, 0.25) is 10.0 Å². The fourth-order valence-corrected chi connectivity index (χ4v) is 4.68. The number of aromatic nitrogens is 1. The number of nitrogens with one attached hydrogen (secondary N) is 2. The number of ether oxygens (including phenoxy) is 1. The molecule has 0 unspecified atom stereocenters. The zero-order valence-corrected chi connectivity index (χ0v) is 19.2. The lowest BCUT2D eigenvalue weighted by Gasteiger charge is -2.12. The van der Waals surface area contributed by atoms with Gasteiger partial charge in [0, 0.05) is 22.7 Å². The molecule has 2 N–H and O–H groups in total. The Morgan fingerprint density at radius 1 is 1.19 bits per heavy atom. The summed E-state index contributed by atoms with van der Waals surface area (Å²) in [5.74, 6) is 0.0890. The van der Waals surface area contributed by atoms with E-state index in [1.807, 2.05) is 37.4 Å². The molecular formula is C22H25N3O4S2. The average molecular weight is 460 g/mol. The van der Waals surface area contributed by atoms with Gasteiger partial charge in [-0.05, 0) is 56.7 Å². The fraction of sp³-hybridized carbons (Fsp3) is 0.273. The van der Waals surface area contributed by atoms with Crippen LogP contribution in [0.3, 0.4) is 0 Å². The van der Waals surface area contributed by atoms with Gasteiger partial charge < -0.3 is 10.1 Å². The van der Waals surface area contributed by atoms with Gasteiger partial charge in [0.25, 0.3) is 5.91 Å². The molecule has 0 bridgehead atoms. The third kappa shape index (κ3) is 6.36. The van der Waals surface area contributed by atoms with Crippen molar-refractivity contribution in [2.75, 3.05) is 11.9 Å². The number of carbonyl (C=O) groups is 1. The summed E-state index contributed by atoms with van der Waals surface area (Å²) in [6.45, 7) is 5.46. The molecule has 1 aromatic heterocycles. The molecule has 0 saturated carbocycles. The highest BCUT2D eigenvalue weighted by Gasteiger charge is 2.16. The summed E-state index contributed by atoms with van der Waals surface area (Å²) in [5.41, 5.74) is 2.44. The van der Waals surface area contributed by atoms with Crippen molar-refractivity contribution in [2.24, 2.45) is 0 Å². The van der Waals surface area contributed by atoms with E-state index in [4.69, 9.17) is 4.74 Å². The first-order valence-corrected chi connectivity index (χ1v) is 12.2. The Balaban J connectivity index is 1.56. The highest BCUT2D eigenvalue weighted by atomic mass is 32.2. The molecular weight excluding hydrogens is 434 g/mol. The molecule has 31 heavy (non-hydrogen) atoms. The summed E-state index contributed by atoms with van der Waals surface area (Å²) in [4.78, 5) is 16.9. The predicted molar refractivity (Wildman–Crippen MR) is 123 cm³/mol. The van der Waals surface area contributed by atoms with Gasteiger partial charge in [-0.2, -0.15) is 0 Å². The molecule has 7 nitrogen and oxygen atoms in total. The highest BCUT2D eigenvalue weighted by molar-refractivity contribution is 7.89. The van der Waals surface area contributed by atoms with E-state index in [-0.39, 0.29) is 23.5 Å². The summed E-state index contributed by atoms with van der Waals surface area (Å²) < 4.78 is 32.7. The molecule has 0 radical (unpaired) electrons. The van der Waals surface area contributed by atoms with E-state index in [2.05, 4.69) is 15.0 Å². The van der Waals surface area contributed by atoms with E-state index >= 15 is 0 Å². The molecule has 1 atom stereocenters. The Hall–Kier alpha value is -2.75. The van der Waals surface area contributed by atoms with Crippen LogP contribution in [0, 0.1) is 6.92 Å². The Morgan fingerprint density at radius 3 is 2.58 bits per heavy atom. The Morgan fingerprint density at radius 2 is 1.94 bits per heavy atom. The maximum atomic E-state index is 12.3. The number of sulfonamides is 1. The van der Waals surface area contributed by atoms with Gasteiger partial charge in [-0.25, -0.2) is 18.1 Å². The number of carbonyl (C=O) groups excluding carboxylic acids is 1. The van der Waals surface area contributed by atoms with E-state index in [1.54, 1.807) is 24.3 Å². The lowest BCUT2D eigenvalue weighted by molar-refractivity contribution is -0.118. The number of hydrogen-bond donors (Lipinski definition) is 2. The van der Waals surface area contributed by atoms with E-state index in [9.17, 15) is 13.2 Å². The van der Waals surface area contributed by atoms with E-state index in [1.165, 1.54) is 24.3 Å². The highest BCUT2D eigenvalue weighted by Crippen LogP contribution is 2.24. The van der Waals surface area contributed by atoms with Crippen molar-refractivity contribution < 1.29 is 17.9 Å². The Kier molecular flexibility index (Phi) is 7.42. The van der Waals surface area contributed by atoms with Crippen molar-refractivity contribution in [1.29, 1.82) is 0 Å². The number of rotatable bonds is 9. The van der Waals surface area contributed by atoms with Crippen molar-refractivity contribution in [3.63, 3.8) is 0 Å². The number of benzene rings is 2. The van der Waals surface area contributed by atoms with Crippen LogP contribution in [0.25, 0.3) is 11.3 Å². The molecule has 3 aromatic rings. The van der Waals surface area contributed by atoms with Gasteiger partial charge in [-0.1, -0.05) is 19.1 Å². The molecule has 0 saturated heterocycles. The van der Waals surface area contributed by atoms with E-state index < -0.39 is 10.0 Å². The zero-order valence-electron chi connectivity index (χ0n) is 17.6. The van der Waals surface area contributed by atoms with Gasteiger partial charge in [-0.15, -0.1) is 11.3 Å². The van der Waals surface area contributed by atoms with Crippen LogP contribution in [0.15, 0.2) is 58.8 Å². The second kappa shape index (κ2) is 10.0. The first-order chi connectivity index (χ1) is 14.8. The van der Waals surface area contributed by atoms with Gasteiger partial charge >= 0.3 is 0 Å². The van der Waals surface area contributed by atoms with Crippen LogP contribution in [0.1, 0.15) is 25.3 Å². The number of hydrogen-bond acceptors (Lipinski definition) is 6. The minimum absolute atomic E-state index is 0.150. The minimum atomic E-state index is -3.58. The lowest BCUT2D eigenvalue weighted by Crippen LogP contribution is -2.31. The summed E-state index contributed by atoms with van der Waals surface area (Å²) in [5, 5.41) is 5.75. The standard InChI is InChI=1S/C22H25N3O4S2/c1-4-15(2)25-31(27,28)20-10-8-19(9-11-20)29-13-22(26)24-18-7-5-6-17(12-18)21-14-30-16(3)23-21/h5-12,14-15,25H,4,13H2,1-3H3,(H,24,26)/t15-/m0/s1. The third-order valence-corrected chi connectivity index (χ3v) is 6.91. The number of amides is 1. The molecule has 164 valence electrons. The summed E-state index contributed by atoms with van der Waals surface area (Å²) in [7, 11) is -3.58. The molecule has 1 heterocycles. The molecule has 9 heteroatoms. The van der Waals surface area contributed by atoms with Crippen LogP contribution in [0.4, 0.5) is 5.69 Å². The zero-order chi connectivity index (χ0) is 22.4. The van der Waals surface area contributed by atoms with Gasteiger partial charge in [0.1, 0.15) is 5.75 Å². The minimum Gasteiger partial charge on any atom is -0.484 e. The van der Waals surface area contributed by atoms with Crippen molar-refractivity contribution in [2.45, 2.75) is 38.1 Å². The number of anilines is 1. The molecule has 0 aliphatic rings. The van der Waals surface area contributed by atoms with Crippen molar-refractivity contribution in [3.05, 3.63) is 58.9 Å². The van der Waals surface area contributed by atoms with E-state index in [0.29, 0.717) is 17.9 Å². The van der Waals surface area contributed by atoms with Crippen molar-refractivity contribution in [3.8, 4) is 17.0 Å².